The van der Waals surface area contributed by atoms with E-state index in [0.29, 0.717) is 39.3 Å². The monoisotopic (exact) mass is 334 g/mol. The van der Waals surface area contributed by atoms with Crippen molar-refractivity contribution < 1.29 is 24.1 Å². The molecule has 23 heavy (non-hydrogen) atoms. The fraction of sp³-hybridized carbons (Fsp3) is 0.938. The molecule has 0 aromatic rings. The van der Waals surface area contributed by atoms with Crippen molar-refractivity contribution in [1.29, 1.82) is 0 Å². The summed E-state index contributed by atoms with van der Waals surface area (Å²) in [6, 6.07) is 0. The molecule has 0 aliphatic heterocycles. The summed E-state index contributed by atoms with van der Waals surface area (Å²) in [5, 5.41) is 9.53. The van der Waals surface area contributed by atoms with Crippen molar-refractivity contribution in [1.82, 2.24) is 0 Å². The zero-order chi connectivity index (χ0) is 17.9. The quantitative estimate of drug-likeness (QED) is 0.334. The van der Waals surface area contributed by atoms with Crippen LogP contribution >= 0.6 is 0 Å². The first-order valence-corrected chi connectivity index (χ1v) is 8.05. The van der Waals surface area contributed by atoms with Crippen LogP contribution in [0.2, 0.25) is 0 Å². The molecule has 1 unspecified atom stereocenters. The molecule has 0 heterocycles. The van der Waals surface area contributed by atoms with Gasteiger partial charge in [0.15, 0.2) is 6.29 Å². The van der Waals surface area contributed by atoms with Crippen LogP contribution in [0.4, 0.5) is 0 Å². The zero-order valence-electron chi connectivity index (χ0n) is 15.0. The summed E-state index contributed by atoms with van der Waals surface area (Å²) in [5.41, 5.74) is 10.1. The molecule has 0 aliphatic carbocycles. The van der Waals surface area contributed by atoms with Crippen LogP contribution < -0.4 is 11.5 Å². The number of aliphatic hydroxyl groups is 1. The van der Waals surface area contributed by atoms with Crippen molar-refractivity contribution in [3.05, 3.63) is 0 Å². The maximum atomic E-state index is 11.3. The molecule has 0 radical (unpaired) electrons. The Labute approximate surface area is 139 Å². The van der Waals surface area contributed by atoms with Gasteiger partial charge in [0.25, 0.3) is 0 Å². The Morgan fingerprint density at radius 3 is 2.09 bits per heavy atom. The molecule has 0 spiro atoms. The molecule has 0 saturated heterocycles. The smallest absolute Gasteiger partial charge is 0.307 e. The van der Waals surface area contributed by atoms with Crippen LogP contribution in [0.5, 0.6) is 0 Å². The van der Waals surface area contributed by atoms with Crippen molar-refractivity contribution in [3.8, 4) is 0 Å². The van der Waals surface area contributed by atoms with Crippen LogP contribution in [0.1, 0.15) is 40.5 Å². The molecule has 1 atom stereocenters. The van der Waals surface area contributed by atoms with Gasteiger partial charge in [-0.3, -0.25) is 4.79 Å². The van der Waals surface area contributed by atoms with Crippen LogP contribution in [-0.2, 0) is 19.0 Å². The molecule has 0 bridgehead atoms. The van der Waals surface area contributed by atoms with Crippen LogP contribution in [0, 0.1) is 10.8 Å². The van der Waals surface area contributed by atoms with E-state index in [2.05, 4.69) is 0 Å². The number of hydrogen-bond donors (Lipinski definition) is 3. The van der Waals surface area contributed by atoms with Crippen LogP contribution in [-0.4, -0.2) is 56.9 Å². The highest BCUT2D eigenvalue weighted by atomic mass is 16.6. The van der Waals surface area contributed by atoms with Crippen molar-refractivity contribution in [2.45, 2.75) is 46.8 Å². The summed E-state index contributed by atoms with van der Waals surface area (Å²) >= 11 is 0. The minimum absolute atomic E-state index is 0.229. The second kappa shape index (κ2) is 10.9. The van der Waals surface area contributed by atoms with E-state index in [9.17, 15) is 9.90 Å². The van der Waals surface area contributed by atoms with E-state index in [0.717, 1.165) is 0 Å². The summed E-state index contributed by atoms with van der Waals surface area (Å²) in [5.74, 6) is -0.289. The highest BCUT2D eigenvalue weighted by Gasteiger charge is 2.25. The third-order valence-corrected chi connectivity index (χ3v) is 3.04. The van der Waals surface area contributed by atoms with Crippen molar-refractivity contribution in [2.24, 2.45) is 22.3 Å². The lowest BCUT2D eigenvalue weighted by molar-refractivity contribution is -0.149. The number of esters is 1. The SMILES string of the molecule is CC(C)(COCC(C)(C)COC(O)CCN)COC(=O)CCN. The molecule has 7 nitrogen and oxygen atoms in total. The molecule has 0 rings (SSSR count). The summed E-state index contributed by atoms with van der Waals surface area (Å²) in [7, 11) is 0. The Morgan fingerprint density at radius 2 is 1.57 bits per heavy atom. The highest BCUT2D eigenvalue weighted by Crippen LogP contribution is 2.21. The van der Waals surface area contributed by atoms with E-state index in [1.807, 2.05) is 27.7 Å². The van der Waals surface area contributed by atoms with Gasteiger partial charge in [-0.25, -0.2) is 0 Å². The minimum atomic E-state index is -0.835. The van der Waals surface area contributed by atoms with Gasteiger partial charge in [0.2, 0.25) is 0 Å². The number of ether oxygens (including phenoxy) is 3. The molecule has 7 heteroatoms. The molecule has 0 aliphatic rings. The van der Waals surface area contributed by atoms with Crippen molar-refractivity contribution in [2.75, 3.05) is 39.5 Å². The number of carbonyl (C=O) groups is 1. The molecular weight excluding hydrogens is 300 g/mol. The van der Waals surface area contributed by atoms with Crippen LogP contribution in [0.15, 0.2) is 0 Å². The van der Waals surface area contributed by atoms with E-state index in [1.165, 1.54) is 0 Å². The number of nitrogens with two attached hydrogens (primary N) is 2. The van der Waals surface area contributed by atoms with E-state index < -0.39 is 6.29 Å². The first-order valence-electron chi connectivity index (χ1n) is 8.05. The van der Waals surface area contributed by atoms with Crippen LogP contribution in [0.25, 0.3) is 0 Å². The zero-order valence-corrected chi connectivity index (χ0v) is 15.0. The minimum Gasteiger partial charge on any atom is -0.465 e. The molecule has 0 amide bonds. The number of aliphatic hydroxyl groups excluding tert-OH is 1. The Bertz CT molecular complexity index is 334. The van der Waals surface area contributed by atoms with Crippen molar-refractivity contribution >= 4 is 5.97 Å². The van der Waals surface area contributed by atoms with E-state index in [1.54, 1.807) is 0 Å². The summed E-state index contributed by atoms with van der Waals surface area (Å²) in [6.07, 6.45) is -0.192. The van der Waals surface area contributed by atoms with Gasteiger partial charge in [-0.2, -0.15) is 0 Å². The largest absolute Gasteiger partial charge is 0.465 e. The first-order chi connectivity index (χ1) is 10.6. The molecule has 138 valence electrons. The van der Waals surface area contributed by atoms with Crippen LogP contribution in [0.3, 0.4) is 0 Å². The van der Waals surface area contributed by atoms with Gasteiger partial charge in [0, 0.05) is 23.8 Å². The Kier molecular flexibility index (Phi) is 10.6. The van der Waals surface area contributed by atoms with Gasteiger partial charge in [-0.15, -0.1) is 0 Å². The second-order valence-electron chi connectivity index (χ2n) is 7.36. The highest BCUT2D eigenvalue weighted by molar-refractivity contribution is 5.69. The number of carbonyl (C=O) groups excluding carboxylic acids is 1. The fourth-order valence-electron chi connectivity index (χ4n) is 1.70. The van der Waals surface area contributed by atoms with Gasteiger partial charge in [-0.05, 0) is 6.54 Å². The van der Waals surface area contributed by atoms with Gasteiger partial charge >= 0.3 is 5.97 Å². The van der Waals surface area contributed by atoms with Gasteiger partial charge in [-0.1, -0.05) is 27.7 Å². The Hall–Kier alpha value is -0.730. The normalized spacial score (nSPS) is 13.9. The summed E-state index contributed by atoms with van der Waals surface area (Å²) < 4.78 is 16.3. The second-order valence-corrected chi connectivity index (χ2v) is 7.36. The summed E-state index contributed by atoms with van der Waals surface area (Å²) in [6.45, 7) is 10.2. The molecular formula is C16H34N2O5. The Morgan fingerprint density at radius 1 is 1.00 bits per heavy atom. The van der Waals surface area contributed by atoms with Gasteiger partial charge in [0.05, 0.1) is 32.8 Å². The number of rotatable bonds is 13. The number of hydrogen-bond acceptors (Lipinski definition) is 7. The van der Waals surface area contributed by atoms with Gasteiger partial charge < -0.3 is 30.8 Å². The third-order valence-electron chi connectivity index (χ3n) is 3.04. The fourth-order valence-corrected chi connectivity index (χ4v) is 1.70. The Balaban J connectivity index is 4.02. The molecule has 5 N–H and O–H groups in total. The lowest BCUT2D eigenvalue weighted by Crippen LogP contribution is -2.33. The lowest BCUT2D eigenvalue weighted by atomic mass is 9.94. The lowest BCUT2D eigenvalue weighted by Gasteiger charge is -2.29. The van der Waals surface area contributed by atoms with E-state index in [-0.39, 0.29) is 29.8 Å². The topological polar surface area (TPSA) is 117 Å². The first kappa shape index (κ1) is 22.3. The van der Waals surface area contributed by atoms with Crippen molar-refractivity contribution in [3.63, 3.8) is 0 Å². The summed E-state index contributed by atoms with van der Waals surface area (Å²) in [4.78, 5) is 11.3. The average Bonchev–Trinajstić information content (AvgIpc) is 2.44. The van der Waals surface area contributed by atoms with Gasteiger partial charge in [0.1, 0.15) is 0 Å². The predicted molar refractivity (Wildman–Crippen MR) is 88.6 cm³/mol. The van der Waals surface area contributed by atoms with E-state index >= 15 is 0 Å². The maximum absolute atomic E-state index is 11.3. The van der Waals surface area contributed by atoms with E-state index in [4.69, 9.17) is 25.7 Å². The standard InChI is InChI=1S/C16H34N2O5/c1-15(2,11-22-13(19)5-7-17)9-21-10-16(3,4)12-23-14(20)6-8-18/h13,19H,5-12,17-18H2,1-4H3. The molecule has 0 aromatic carbocycles. The molecule has 0 aromatic heterocycles. The molecule has 0 saturated carbocycles. The molecule has 0 fully saturated rings. The third kappa shape index (κ3) is 12.4. The average molecular weight is 334 g/mol. The predicted octanol–water partition coefficient (Wildman–Crippen LogP) is 0.631. The maximum Gasteiger partial charge on any atom is 0.307 e.